The number of ether oxygens (including phenoxy) is 2. The second kappa shape index (κ2) is 10.0. The molecule has 0 saturated carbocycles. The Balaban J connectivity index is 1.62. The molecule has 154 valence electrons. The van der Waals surface area contributed by atoms with Gasteiger partial charge in [0.1, 0.15) is 10.8 Å². The highest BCUT2D eigenvalue weighted by Gasteiger charge is 2.27. The van der Waals surface area contributed by atoms with Crippen LogP contribution in [0.2, 0.25) is 5.02 Å². The lowest BCUT2D eigenvalue weighted by Gasteiger charge is -2.13. The molecule has 3 rings (SSSR count). The largest absolute Gasteiger partial charge is 0.484 e. The molecule has 2 aromatic rings. The van der Waals surface area contributed by atoms with E-state index in [1.807, 2.05) is 0 Å². The minimum absolute atomic E-state index is 0.110. The number of thiophene rings is 1. The highest BCUT2D eigenvalue weighted by molar-refractivity contribution is 7.80. The summed E-state index contributed by atoms with van der Waals surface area (Å²) in [6, 6.07) is 6.70. The van der Waals surface area contributed by atoms with Gasteiger partial charge in [0.05, 0.1) is 12.2 Å². The first-order chi connectivity index (χ1) is 14.0. The number of halogens is 1. The van der Waals surface area contributed by atoms with Crippen LogP contribution in [0, 0.1) is 0 Å². The van der Waals surface area contributed by atoms with Gasteiger partial charge in [0, 0.05) is 9.90 Å². The summed E-state index contributed by atoms with van der Waals surface area (Å²) in [5.74, 6) is -0.245. The summed E-state index contributed by atoms with van der Waals surface area (Å²) >= 11 is 12.6. The van der Waals surface area contributed by atoms with Gasteiger partial charge in [0.25, 0.3) is 5.91 Å². The number of benzene rings is 1. The van der Waals surface area contributed by atoms with Crippen molar-refractivity contribution in [2.24, 2.45) is 0 Å². The highest BCUT2D eigenvalue weighted by Crippen LogP contribution is 2.38. The van der Waals surface area contributed by atoms with E-state index in [4.69, 9.17) is 33.3 Å². The topological polar surface area (TPSA) is 76.7 Å². The number of hydrogen-bond acceptors (Lipinski definition) is 6. The third-order valence-corrected chi connectivity index (χ3v) is 5.98. The van der Waals surface area contributed by atoms with Crippen LogP contribution in [0.5, 0.6) is 5.75 Å². The molecular formula is C20H21ClN2O4S2. The van der Waals surface area contributed by atoms with E-state index < -0.39 is 5.91 Å². The fraction of sp³-hybridized carbons (Fsp3) is 0.350. The molecule has 9 heteroatoms. The van der Waals surface area contributed by atoms with Gasteiger partial charge in [0.15, 0.2) is 11.7 Å². The van der Waals surface area contributed by atoms with Crippen molar-refractivity contribution in [3.8, 4) is 5.75 Å². The first-order valence-electron chi connectivity index (χ1n) is 9.28. The minimum Gasteiger partial charge on any atom is -0.484 e. The Labute approximate surface area is 183 Å². The highest BCUT2D eigenvalue weighted by atomic mass is 35.5. The normalized spacial score (nSPS) is 12.6. The summed E-state index contributed by atoms with van der Waals surface area (Å²) in [6.45, 7) is 1.87. The molecule has 0 aliphatic heterocycles. The third-order valence-electron chi connectivity index (χ3n) is 4.31. The number of hydrogen-bond donors (Lipinski definition) is 2. The number of amides is 1. The Bertz CT molecular complexity index is 912. The van der Waals surface area contributed by atoms with Crippen LogP contribution in [0.15, 0.2) is 24.3 Å². The lowest BCUT2D eigenvalue weighted by molar-refractivity contribution is -0.121. The molecule has 0 bridgehead atoms. The van der Waals surface area contributed by atoms with E-state index >= 15 is 0 Å². The molecule has 0 unspecified atom stereocenters. The van der Waals surface area contributed by atoms with Crippen LogP contribution in [0.3, 0.4) is 0 Å². The molecule has 6 nitrogen and oxygen atoms in total. The van der Waals surface area contributed by atoms with Gasteiger partial charge < -0.3 is 14.8 Å². The van der Waals surface area contributed by atoms with Gasteiger partial charge in [-0.1, -0.05) is 11.6 Å². The van der Waals surface area contributed by atoms with E-state index in [0.717, 1.165) is 31.2 Å². The predicted octanol–water partition coefficient (Wildman–Crippen LogP) is 4.35. The standard InChI is InChI=1S/C20H21ClN2O4S2/c1-2-26-19(25)17-14-5-3-4-6-15(14)29-18(17)23-20(28)22-16(24)11-27-13-9-7-12(21)8-10-13/h7-10H,2-6,11H2,1H3,(H2,22,23,24,28). The molecule has 0 fully saturated rings. The zero-order chi connectivity index (χ0) is 20.8. The summed E-state index contributed by atoms with van der Waals surface area (Å²) in [5.41, 5.74) is 1.56. The maximum absolute atomic E-state index is 12.5. The quantitative estimate of drug-likeness (QED) is 0.501. The van der Waals surface area contributed by atoms with Crippen molar-refractivity contribution in [1.82, 2.24) is 5.32 Å². The van der Waals surface area contributed by atoms with Crippen molar-refractivity contribution in [3.05, 3.63) is 45.3 Å². The molecule has 1 aliphatic carbocycles. The van der Waals surface area contributed by atoms with E-state index in [9.17, 15) is 9.59 Å². The van der Waals surface area contributed by atoms with Crippen molar-refractivity contribution in [2.75, 3.05) is 18.5 Å². The number of rotatable bonds is 6. The maximum Gasteiger partial charge on any atom is 0.341 e. The lowest BCUT2D eigenvalue weighted by Crippen LogP contribution is -2.37. The molecular weight excluding hydrogens is 432 g/mol. The fourth-order valence-electron chi connectivity index (χ4n) is 3.05. The van der Waals surface area contributed by atoms with Crippen molar-refractivity contribution in [3.63, 3.8) is 0 Å². The van der Waals surface area contributed by atoms with Crippen LogP contribution >= 0.6 is 35.2 Å². The SMILES string of the molecule is CCOC(=O)c1c(NC(=S)NC(=O)COc2ccc(Cl)cc2)sc2c1CCCC2. The Morgan fingerprint density at radius 1 is 1.21 bits per heavy atom. The van der Waals surface area contributed by atoms with Crippen LogP contribution in [-0.2, 0) is 22.4 Å². The molecule has 0 radical (unpaired) electrons. The second-order valence-electron chi connectivity index (χ2n) is 6.38. The summed E-state index contributed by atoms with van der Waals surface area (Å²) < 4.78 is 10.6. The van der Waals surface area contributed by atoms with Gasteiger partial charge >= 0.3 is 5.97 Å². The average Bonchev–Trinajstić information content (AvgIpc) is 3.05. The molecule has 29 heavy (non-hydrogen) atoms. The zero-order valence-corrected chi connectivity index (χ0v) is 18.3. The Morgan fingerprint density at radius 3 is 2.66 bits per heavy atom. The molecule has 1 aromatic heterocycles. The number of thiocarbonyl (C=S) groups is 1. The van der Waals surface area contributed by atoms with Crippen molar-refractivity contribution < 1.29 is 19.1 Å². The minimum atomic E-state index is -0.406. The molecule has 0 spiro atoms. The van der Waals surface area contributed by atoms with Crippen LogP contribution in [0.25, 0.3) is 0 Å². The molecule has 1 aliphatic rings. The van der Waals surface area contributed by atoms with Gasteiger partial charge in [-0.15, -0.1) is 11.3 Å². The number of carbonyl (C=O) groups excluding carboxylic acids is 2. The van der Waals surface area contributed by atoms with E-state index in [-0.39, 0.29) is 17.7 Å². The Kier molecular flexibility index (Phi) is 7.46. The summed E-state index contributed by atoms with van der Waals surface area (Å²) in [6.07, 6.45) is 3.91. The van der Waals surface area contributed by atoms with Crippen LogP contribution in [-0.4, -0.2) is 30.2 Å². The Hall–Kier alpha value is -2.16. The zero-order valence-electron chi connectivity index (χ0n) is 15.9. The van der Waals surface area contributed by atoms with E-state index in [1.54, 1.807) is 31.2 Å². The monoisotopic (exact) mass is 452 g/mol. The van der Waals surface area contributed by atoms with Crippen LogP contribution < -0.4 is 15.4 Å². The van der Waals surface area contributed by atoms with Crippen molar-refractivity contribution >= 4 is 57.1 Å². The molecule has 1 amide bonds. The van der Waals surface area contributed by atoms with Gasteiger partial charge in [-0.3, -0.25) is 10.1 Å². The number of anilines is 1. The summed E-state index contributed by atoms with van der Waals surface area (Å²) in [5, 5.41) is 6.87. The summed E-state index contributed by atoms with van der Waals surface area (Å²) in [7, 11) is 0. The van der Waals surface area contributed by atoms with E-state index in [2.05, 4.69) is 10.6 Å². The van der Waals surface area contributed by atoms with E-state index in [0.29, 0.717) is 27.9 Å². The van der Waals surface area contributed by atoms with Gasteiger partial charge in [-0.25, -0.2) is 4.79 Å². The van der Waals surface area contributed by atoms with Crippen LogP contribution in [0.1, 0.15) is 40.6 Å². The molecule has 1 heterocycles. The molecule has 1 aromatic carbocycles. The number of nitrogens with one attached hydrogen (secondary N) is 2. The van der Waals surface area contributed by atoms with Crippen LogP contribution in [0.4, 0.5) is 5.00 Å². The number of esters is 1. The second-order valence-corrected chi connectivity index (χ2v) is 8.33. The molecule has 0 atom stereocenters. The number of aryl methyl sites for hydroxylation is 1. The maximum atomic E-state index is 12.5. The summed E-state index contributed by atoms with van der Waals surface area (Å²) in [4.78, 5) is 25.8. The van der Waals surface area contributed by atoms with Crippen molar-refractivity contribution in [1.29, 1.82) is 0 Å². The van der Waals surface area contributed by atoms with E-state index in [1.165, 1.54) is 16.2 Å². The van der Waals surface area contributed by atoms with Crippen molar-refractivity contribution in [2.45, 2.75) is 32.6 Å². The van der Waals surface area contributed by atoms with Gasteiger partial charge in [0.2, 0.25) is 0 Å². The molecule has 0 saturated heterocycles. The predicted molar refractivity (Wildman–Crippen MR) is 118 cm³/mol. The third kappa shape index (κ3) is 5.68. The number of fused-ring (bicyclic) bond motifs is 1. The lowest BCUT2D eigenvalue weighted by atomic mass is 9.95. The van der Waals surface area contributed by atoms with Gasteiger partial charge in [-0.05, 0) is 74.7 Å². The smallest absolute Gasteiger partial charge is 0.341 e. The fourth-order valence-corrected chi connectivity index (χ4v) is 4.74. The molecule has 2 N–H and O–H groups in total. The number of carbonyl (C=O) groups is 2. The first-order valence-corrected chi connectivity index (χ1v) is 10.9. The first kappa shape index (κ1) is 21.5. The Morgan fingerprint density at radius 2 is 1.93 bits per heavy atom. The van der Waals surface area contributed by atoms with Gasteiger partial charge in [-0.2, -0.15) is 0 Å². The average molecular weight is 453 g/mol.